The molecule has 0 aromatic carbocycles. The van der Waals surface area contributed by atoms with Crippen molar-refractivity contribution in [2.45, 2.75) is 39.3 Å². The van der Waals surface area contributed by atoms with E-state index in [0.29, 0.717) is 24.7 Å². The number of carbonyl (C=O) groups excluding carboxylic acids is 1. The smallest absolute Gasteiger partial charge is 0.135 e. The highest BCUT2D eigenvalue weighted by Gasteiger charge is 2.23. The van der Waals surface area contributed by atoms with E-state index >= 15 is 0 Å². The van der Waals surface area contributed by atoms with Gasteiger partial charge in [-0.1, -0.05) is 0 Å². The van der Waals surface area contributed by atoms with Crippen LogP contribution in [0.4, 0.5) is 0 Å². The lowest BCUT2D eigenvalue weighted by Gasteiger charge is -2.31. The van der Waals surface area contributed by atoms with Crippen molar-refractivity contribution in [2.75, 3.05) is 6.54 Å². The molecule has 0 N–H and O–H groups in total. The molecule has 3 nitrogen and oxygen atoms in total. The molecule has 1 aromatic rings. The van der Waals surface area contributed by atoms with Crippen molar-refractivity contribution in [1.82, 2.24) is 9.88 Å². The van der Waals surface area contributed by atoms with E-state index in [-0.39, 0.29) is 0 Å². The van der Waals surface area contributed by atoms with E-state index in [1.165, 1.54) is 4.88 Å². The molecule has 1 aromatic heterocycles. The Morgan fingerprint density at radius 3 is 3.07 bits per heavy atom. The van der Waals surface area contributed by atoms with Crippen molar-refractivity contribution < 1.29 is 4.79 Å². The van der Waals surface area contributed by atoms with Crippen molar-refractivity contribution in [3.05, 3.63) is 16.1 Å². The van der Waals surface area contributed by atoms with Crippen molar-refractivity contribution in [2.24, 2.45) is 0 Å². The number of thiazole rings is 1. The second-order valence-electron chi connectivity index (χ2n) is 4.18. The Bertz CT molecular complexity index is 361. The summed E-state index contributed by atoms with van der Waals surface area (Å²) in [6.07, 6.45) is 3.32. The van der Waals surface area contributed by atoms with Crippen LogP contribution in [0.2, 0.25) is 0 Å². The van der Waals surface area contributed by atoms with Gasteiger partial charge in [0, 0.05) is 36.5 Å². The Hall–Kier alpha value is -0.740. The van der Waals surface area contributed by atoms with Crippen LogP contribution in [0.15, 0.2) is 6.20 Å². The monoisotopic (exact) mass is 224 g/mol. The van der Waals surface area contributed by atoms with Crippen molar-refractivity contribution in [1.29, 1.82) is 0 Å². The van der Waals surface area contributed by atoms with Crippen molar-refractivity contribution in [3.63, 3.8) is 0 Å². The van der Waals surface area contributed by atoms with Crippen LogP contribution in [0, 0.1) is 6.92 Å². The highest BCUT2D eigenvalue weighted by Crippen LogP contribution is 2.19. The van der Waals surface area contributed by atoms with Gasteiger partial charge in [0.1, 0.15) is 10.8 Å². The number of piperidine rings is 1. The molecule has 1 saturated heterocycles. The summed E-state index contributed by atoms with van der Waals surface area (Å²) in [6.45, 7) is 5.98. The third-order valence-corrected chi connectivity index (χ3v) is 3.73. The zero-order chi connectivity index (χ0) is 10.8. The van der Waals surface area contributed by atoms with E-state index in [1.807, 2.05) is 6.20 Å². The minimum absolute atomic E-state index is 0.371. The number of likely N-dealkylation sites (tertiary alicyclic amines) is 1. The van der Waals surface area contributed by atoms with E-state index in [1.54, 1.807) is 11.3 Å². The zero-order valence-electron chi connectivity index (χ0n) is 9.19. The highest BCUT2D eigenvalue weighted by atomic mass is 32.1. The lowest BCUT2D eigenvalue weighted by molar-refractivity contribution is -0.123. The van der Waals surface area contributed by atoms with E-state index in [0.717, 1.165) is 18.1 Å². The Labute approximate surface area is 94.1 Å². The molecular formula is C11H16N2OS. The Kier molecular flexibility index (Phi) is 3.17. The summed E-state index contributed by atoms with van der Waals surface area (Å²) in [5, 5.41) is 1.16. The molecule has 0 amide bonds. The molecule has 0 radical (unpaired) electrons. The van der Waals surface area contributed by atoms with Crippen LogP contribution in [-0.2, 0) is 11.3 Å². The third-order valence-electron chi connectivity index (χ3n) is 2.83. The maximum atomic E-state index is 11.2. The second-order valence-corrected chi connectivity index (χ2v) is 5.50. The summed E-state index contributed by atoms with van der Waals surface area (Å²) in [5.74, 6) is 0.397. The zero-order valence-corrected chi connectivity index (χ0v) is 10.0. The number of carbonyl (C=O) groups is 1. The first kappa shape index (κ1) is 10.8. The molecule has 0 spiro atoms. The summed E-state index contributed by atoms with van der Waals surface area (Å²) < 4.78 is 0. The van der Waals surface area contributed by atoms with Gasteiger partial charge in [-0.3, -0.25) is 9.69 Å². The third kappa shape index (κ3) is 2.63. The van der Waals surface area contributed by atoms with E-state index in [2.05, 4.69) is 23.7 Å². The summed E-state index contributed by atoms with van der Waals surface area (Å²) >= 11 is 1.75. The fourth-order valence-corrected chi connectivity index (χ4v) is 2.75. The van der Waals surface area contributed by atoms with Gasteiger partial charge in [-0.2, -0.15) is 0 Å². The summed E-state index contributed by atoms with van der Waals surface area (Å²) in [6, 6.07) is 0.371. The van der Waals surface area contributed by atoms with Crippen LogP contribution in [-0.4, -0.2) is 28.3 Å². The van der Waals surface area contributed by atoms with Crippen molar-refractivity contribution in [3.8, 4) is 0 Å². The van der Waals surface area contributed by atoms with Crippen molar-refractivity contribution >= 4 is 17.1 Å². The van der Waals surface area contributed by atoms with E-state index in [9.17, 15) is 4.79 Å². The van der Waals surface area contributed by atoms with Crippen LogP contribution in [0.25, 0.3) is 0 Å². The largest absolute Gasteiger partial charge is 0.300 e. The maximum Gasteiger partial charge on any atom is 0.135 e. The van der Waals surface area contributed by atoms with Crippen LogP contribution in [0.3, 0.4) is 0 Å². The van der Waals surface area contributed by atoms with Gasteiger partial charge in [0.2, 0.25) is 0 Å². The molecule has 4 heteroatoms. The average Bonchev–Trinajstić information content (AvgIpc) is 2.56. The first-order chi connectivity index (χ1) is 7.15. The molecule has 1 fully saturated rings. The van der Waals surface area contributed by atoms with Gasteiger partial charge in [-0.25, -0.2) is 4.98 Å². The van der Waals surface area contributed by atoms with Gasteiger partial charge in [-0.15, -0.1) is 11.3 Å². The topological polar surface area (TPSA) is 33.2 Å². The first-order valence-electron chi connectivity index (χ1n) is 5.32. The Morgan fingerprint density at radius 1 is 1.67 bits per heavy atom. The number of rotatable bonds is 2. The first-order valence-corrected chi connectivity index (χ1v) is 6.14. The predicted molar refractivity (Wildman–Crippen MR) is 61.0 cm³/mol. The molecular weight excluding hydrogens is 208 g/mol. The van der Waals surface area contributed by atoms with Gasteiger partial charge in [-0.05, 0) is 13.8 Å². The summed E-state index contributed by atoms with van der Waals surface area (Å²) in [4.78, 5) is 19.2. The van der Waals surface area contributed by atoms with Gasteiger partial charge >= 0.3 is 0 Å². The lowest BCUT2D eigenvalue weighted by atomic mass is 10.0. The quantitative estimate of drug-likeness (QED) is 0.770. The minimum atomic E-state index is 0.371. The van der Waals surface area contributed by atoms with Gasteiger partial charge < -0.3 is 0 Å². The molecule has 1 aliphatic rings. The standard InChI is InChI=1S/C11H16N2OS/c1-8-5-10(14)3-4-13(8)7-11-12-6-9(2)15-11/h6,8H,3-5,7H2,1-2H3. The highest BCUT2D eigenvalue weighted by molar-refractivity contribution is 7.11. The minimum Gasteiger partial charge on any atom is -0.300 e. The normalized spacial score (nSPS) is 23.3. The molecule has 0 bridgehead atoms. The fourth-order valence-electron chi connectivity index (χ4n) is 1.93. The molecule has 0 saturated carbocycles. The molecule has 1 atom stereocenters. The molecule has 1 unspecified atom stereocenters. The van der Waals surface area contributed by atoms with E-state index < -0.39 is 0 Å². The number of Topliss-reactive ketones (excluding diaryl/α,β-unsaturated/α-hetero) is 1. The van der Waals surface area contributed by atoms with Gasteiger partial charge in [0.05, 0.1) is 6.54 Å². The van der Waals surface area contributed by atoms with Gasteiger partial charge in [0.25, 0.3) is 0 Å². The average molecular weight is 224 g/mol. The second kappa shape index (κ2) is 4.41. The maximum absolute atomic E-state index is 11.2. The number of ketones is 1. The van der Waals surface area contributed by atoms with Crippen LogP contribution < -0.4 is 0 Å². The fraction of sp³-hybridized carbons (Fsp3) is 0.636. The SMILES string of the molecule is Cc1cnc(CN2CCC(=O)CC2C)s1. The molecule has 1 aliphatic heterocycles. The van der Waals surface area contributed by atoms with E-state index in [4.69, 9.17) is 0 Å². The molecule has 2 rings (SSSR count). The predicted octanol–water partition coefficient (Wildman–Crippen LogP) is 2.00. The van der Waals surface area contributed by atoms with Crippen LogP contribution in [0.1, 0.15) is 29.7 Å². The van der Waals surface area contributed by atoms with Crippen LogP contribution in [0.5, 0.6) is 0 Å². The number of hydrogen-bond donors (Lipinski definition) is 0. The number of aryl methyl sites for hydroxylation is 1. The molecule has 2 heterocycles. The Morgan fingerprint density at radius 2 is 2.47 bits per heavy atom. The molecule has 15 heavy (non-hydrogen) atoms. The number of aromatic nitrogens is 1. The number of nitrogens with zero attached hydrogens (tertiary/aromatic N) is 2. The van der Waals surface area contributed by atoms with Crippen LogP contribution >= 0.6 is 11.3 Å². The Balaban J connectivity index is 1.97. The molecule has 82 valence electrons. The summed E-state index contributed by atoms with van der Waals surface area (Å²) in [5.41, 5.74) is 0. The lowest BCUT2D eigenvalue weighted by Crippen LogP contribution is -2.40. The van der Waals surface area contributed by atoms with Gasteiger partial charge in [0.15, 0.2) is 0 Å². The summed E-state index contributed by atoms with van der Waals surface area (Å²) in [7, 11) is 0. The number of hydrogen-bond acceptors (Lipinski definition) is 4. The molecule has 0 aliphatic carbocycles.